The zero-order chi connectivity index (χ0) is 17.7. The monoisotopic (exact) mass is 335 g/mol. The van der Waals surface area contributed by atoms with Crippen LogP contribution in [0.3, 0.4) is 0 Å². The number of amides is 1. The smallest absolute Gasteiger partial charge is 0.251 e. The molecule has 0 aliphatic carbocycles. The number of carbonyl (C=O) groups excluding carboxylic acids is 1. The van der Waals surface area contributed by atoms with Gasteiger partial charge >= 0.3 is 0 Å². The van der Waals surface area contributed by atoms with Crippen LogP contribution in [0, 0.1) is 18.6 Å². The van der Waals surface area contributed by atoms with Crippen LogP contribution in [0.15, 0.2) is 36.4 Å². The minimum atomic E-state index is -0.829. The van der Waals surface area contributed by atoms with Gasteiger partial charge in [-0.05, 0) is 42.3 Å². The summed E-state index contributed by atoms with van der Waals surface area (Å²) in [4.78, 5) is 12.0. The molecule has 1 amide bonds. The van der Waals surface area contributed by atoms with Gasteiger partial charge < -0.3 is 15.2 Å². The second-order valence-electron chi connectivity index (χ2n) is 5.47. The van der Waals surface area contributed by atoms with Crippen molar-refractivity contribution in [3.05, 3.63) is 59.2 Å². The zero-order valence-corrected chi connectivity index (χ0v) is 13.5. The Morgan fingerprint density at radius 3 is 2.54 bits per heavy atom. The molecule has 0 bridgehead atoms. The summed E-state index contributed by atoms with van der Waals surface area (Å²) in [7, 11) is 1.44. The maximum Gasteiger partial charge on any atom is 0.251 e. The van der Waals surface area contributed by atoms with E-state index in [1.54, 1.807) is 6.92 Å². The number of methoxy groups -OCH3 is 1. The van der Waals surface area contributed by atoms with Crippen molar-refractivity contribution in [1.82, 2.24) is 5.32 Å². The van der Waals surface area contributed by atoms with E-state index in [0.29, 0.717) is 16.7 Å². The van der Waals surface area contributed by atoms with Crippen LogP contribution in [0.25, 0.3) is 11.1 Å². The molecule has 128 valence electrons. The lowest BCUT2D eigenvalue weighted by atomic mass is 9.98. The fourth-order valence-corrected chi connectivity index (χ4v) is 2.37. The molecule has 0 aliphatic heterocycles. The predicted molar refractivity (Wildman–Crippen MR) is 86.7 cm³/mol. The van der Waals surface area contributed by atoms with Crippen molar-refractivity contribution in [1.29, 1.82) is 0 Å². The van der Waals surface area contributed by atoms with Crippen LogP contribution in [0.5, 0.6) is 0 Å². The quantitative estimate of drug-likeness (QED) is 0.853. The van der Waals surface area contributed by atoms with Gasteiger partial charge in [-0.2, -0.15) is 0 Å². The Hall–Kier alpha value is -2.31. The van der Waals surface area contributed by atoms with Gasteiger partial charge in [-0.15, -0.1) is 0 Å². The van der Waals surface area contributed by atoms with Crippen molar-refractivity contribution in [3.63, 3.8) is 0 Å². The van der Waals surface area contributed by atoms with Crippen LogP contribution in [0.2, 0.25) is 0 Å². The van der Waals surface area contributed by atoms with E-state index < -0.39 is 17.8 Å². The first kappa shape index (κ1) is 18.0. The Bertz CT molecular complexity index is 734. The van der Waals surface area contributed by atoms with E-state index in [9.17, 15) is 18.7 Å². The van der Waals surface area contributed by atoms with Crippen LogP contribution >= 0.6 is 0 Å². The van der Waals surface area contributed by atoms with Gasteiger partial charge in [-0.3, -0.25) is 4.79 Å². The highest BCUT2D eigenvalue weighted by Gasteiger charge is 2.13. The molecule has 6 heteroatoms. The van der Waals surface area contributed by atoms with Gasteiger partial charge in [-0.25, -0.2) is 8.78 Å². The SMILES string of the molecule is COCC(O)CNC(=O)c1ccc(-c2ccc(F)cc2C)c(F)c1. The average molecular weight is 335 g/mol. The highest BCUT2D eigenvalue weighted by Crippen LogP contribution is 2.27. The molecule has 2 aromatic rings. The van der Waals surface area contributed by atoms with Gasteiger partial charge in [-0.1, -0.05) is 12.1 Å². The number of aliphatic hydroxyl groups excluding tert-OH is 1. The molecule has 2 rings (SSSR count). The number of carbonyl (C=O) groups is 1. The first-order valence-corrected chi connectivity index (χ1v) is 7.43. The van der Waals surface area contributed by atoms with Crippen molar-refractivity contribution < 1.29 is 23.4 Å². The number of hydrogen-bond donors (Lipinski definition) is 2. The molecule has 0 fully saturated rings. The Labute approximate surface area is 139 Å². The maximum absolute atomic E-state index is 14.4. The normalized spacial score (nSPS) is 12.0. The highest BCUT2D eigenvalue weighted by molar-refractivity contribution is 5.94. The molecule has 0 heterocycles. The van der Waals surface area contributed by atoms with Crippen molar-refractivity contribution >= 4 is 5.91 Å². The van der Waals surface area contributed by atoms with Crippen molar-refractivity contribution in [2.24, 2.45) is 0 Å². The molecule has 24 heavy (non-hydrogen) atoms. The number of aryl methyl sites for hydroxylation is 1. The van der Waals surface area contributed by atoms with Crippen molar-refractivity contribution in [2.45, 2.75) is 13.0 Å². The summed E-state index contributed by atoms with van der Waals surface area (Å²) >= 11 is 0. The summed E-state index contributed by atoms with van der Waals surface area (Å²) in [6.45, 7) is 1.79. The van der Waals surface area contributed by atoms with Gasteiger partial charge in [0.1, 0.15) is 11.6 Å². The summed E-state index contributed by atoms with van der Waals surface area (Å²) in [6, 6.07) is 8.18. The number of aliphatic hydroxyl groups is 1. The molecule has 0 saturated carbocycles. The second kappa shape index (κ2) is 7.99. The van der Waals surface area contributed by atoms with Crippen LogP contribution in [0.4, 0.5) is 8.78 Å². The van der Waals surface area contributed by atoms with Crippen LogP contribution in [-0.2, 0) is 4.74 Å². The first-order chi connectivity index (χ1) is 11.4. The molecule has 2 aromatic carbocycles. The number of hydrogen-bond acceptors (Lipinski definition) is 3. The molecule has 2 N–H and O–H groups in total. The van der Waals surface area contributed by atoms with Gasteiger partial charge in [0.15, 0.2) is 0 Å². The van der Waals surface area contributed by atoms with Gasteiger partial charge in [0, 0.05) is 24.8 Å². The molecule has 0 saturated heterocycles. The zero-order valence-electron chi connectivity index (χ0n) is 13.5. The Morgan fingerprint density at radius 1 is 1.21 bits per heavy atom. The molecule has 1 atom stereocenters. The van der Waals surface area contributed by atoms with E-state index in [4.69, 9.17) is 4.74 Å². The fraction of sp³-hybridized carbons (Fsp3) is 0.278. The lowest BCUT2D eigenvalue weighted by molar-refractivity contribution is 0.0609. The number of benzene rings is 2. The summed E-state index contributed by atoms with van der Waals surface area (Å²) < 4.78 is 32.3. The first-order valence-electron chi connectivity index (χ1n) is 7.43. The fourth-order valence-electron chi connectivity index (χ4n) is 2.37. The number of rotatable bonds is 6. The number of ether oxygens (including phenoxy) is 1. The predicted octanol–water partition coefficient (Wildman–Crippen LogP) is 2.68. The van der Waals surface area contributed by atoms with Crippen LogP contribution < -0.4 is 5.32 Å². The molecule has 0 spiro atoms. The molecule has 0 radical (unpaired) electrons. The van der Waals surface area contributed by atoms with E-state index >= 15 is 0 Å². The topological polar surface area (TPSA) is 58.6 Å². The summed E-state index contributed by atoms with van der Waals surface area (Å²) in [5.74, 6) is -1.46. The standard InChI is InChI=1S/C18H19F2NO3/c1-11-7-13(19)4-6-15(11)16-5-3-12(8-17(16)20)18(23)21-9-14(22)10-24-2/h3-8,14,22H,9-10H2,1-2H3,(H,21,23). The average Bonchev–Trinajstić information content (AvgIpc) is 2.53. The molecule has 1 unspecified atom stereocenters. The Kier molecular flexibility index (Phi) is 6.00. The molecule has 0 aromatic heterocycles. The Balaban J connectivity index is 2.16. The van der Waals surface area contributed by atoms with Gasteiger partial charge in [0.25, 0.3) is 5.91 Å². The van der Waals surface area contributed by atoms with Crippen LogP contribution in [0.1, 0.15) is 15.9 Å². The molecule has 4 nitrogen and oxygen atoms in total. The second-order valence-corrected chi connectivity index (χ2v) is 5.47. The maximum atomic E-state index is 14.4. The summed E-state index contributed by atoms with van der Waals surface area (Å²) in [5.41, 5.74) is 1.61. The summed E-state index contributed by atoms with van der Waals surface area (Å²) in [6.07, 6.45) is -0.829. The minimum absolute atomic E-state index is 0.00706. The molecule has 0 aliphatic rings. The number of nitrogens with one attached hydrogen (secondary N) is 1. The van der Waals surface area contributed by atoms with E-state index in [1.165, 1.54) is 37.4 Å². The molecular weight excluding hydrogens is 316 g/mol. The van der Waals surface area contributed by atoms with E-state index in [2.05, 4.69) is 5.32 Å². The van der Waals surface area contributed by atoms with E-state index in [1.807, 2.05) is 0 Å². The highest BCUT2D eigenvalue weighted by atomic mass is 19.1. The van der Waals surface area contributed by atoms with E-state index in [-0.39, 0.29) is 24.5 Å². The van der Waals surface area contributed by atoms with E-state index in [0.717, 1.165) is 6.07 Å². The lowest BCUT2D eigenvalue weighted by Crippen LogP contribution is -2.34. The van der Waals surface area contributed by atoms with Crippen LogP contribution in [-0.4, -0.2) is 37.4 Å². The molecular formula is C18H19F2NO3. The lowest BCUT2D eigenvalue weighted by Gasteiger charge is -2.12. The largest absolute Gasteiger partial charge is 0.389 e. The van der Waals surface area contributed by atoms with Gasteiger partial charge in [0.2, 0.25) is 0 Å². The Morgan fingerprint density at radius 2 is 1.92 bits per heavy atom. The third-order valence-electron chi connectivity index (χ3n) is 3.57. The van der Waals surface area contributed by atoms with Crippen molar-refractivity contribution in [2.75, 3.05) is 20.3 Å². The number of halogens is 2. The third-order valence-corrected chi connectivity index (χ3v) is 3.57. The third kappa shape index (κ3) is 4.37. The van der Waals surface area contributed by atoms with Crippen molar-refractivity contribution in [3.8, 4) is 11.1 Å². The van der Waals surface area contributed by atoms with Gasteiger partial charge in [0.05, 0.1) is 12.7 Å². The summed E-state index contributed by atoms with van der Waals surface area (Å²) in [5, 5.41) is 12.0. The minimum Gasteiger partial charge on any atom is -0.389 e.